The first kappa shape index (κ1) is 44.7. The van der Waals surface area contributed by atoms with Crippen molar-refractivity contribution in [2.75, 3.05) is 0 Å². The molecular weight excluding hydrogens is 661 g/mol. The SMILES string of the molecule is C=C/C=C/C1=CC=CCC1.C=C1C(C)=C(c2ccc(C)cc2)Cc2cc(C)cc(C)c21.C=CC(CC(=C)/C=C/c1ccc(C)cc1)CC(C)C(C)C(C)CC. The lowest BCUT2D eigenvalue weighted by molar-refractivity contribution is 0.242. The van der Waals surface area contributed by atoms with Crippen molar-refractivity contribution in [3.05, 3.63) is 197 Å². The van der Waals surface area contributed by atoms with Crippen LogP contribution in [0.3, 0.4) is 0 Å². The summed E-state index contributed by atoms with van der Waals surface area (Å²) in [5.41, 5.74) is 17.1. The topological polar surface area (TPSA) is 0 Å². The second kappa shape index (κ2) is 22.6. The summed E-state index contributed by atoms with van der Waals surface area (Å²) in [4.78, 5) is 0. The lowest BCUT2D eigenvalue weighted by Gasteiger charge is -2.28. The molecule has 0 heterocycles. The van der Waals surface area contributed by atoms with Gasteiger partial charge in [-0.3, -0.25) is 0 Å². The van der Waals surface area contributed by atoms with Gasteiger partial charge in [0.1, 0.15) is 0 Å². The molecule has 0 spiro atoms. The maximum Gasteiger partial charge on any atom is -0.00106 e. The van der Waals surface area contributed by atoms with Crippen LogP contribution in [0.15, 0.2) is 152 Å². The van der Waals surface area contributed by atoms with Gasteiger partial charge in [-0.1, -0.05) is 191 Å². The van der Waals surface area contributed by atoms with E-state index in [9.17, 15) is 0 Å². The van der Waals surface area contributed by atoms with E-state index in [2.05, 4.69) is 192 Å². The molecule has 3 aromatic rings. The molecule has 0 aliphatic heterocycles. The number of hydrogen-bond acceptors (Lipinski definition) is 0. The average Bonchev–Trinajstić information content (AvgIpc) is 3.18. The quantitative estimate of drug-likeness (QED) is 0.121. The Morgan fingerprint density at radius 3 is 2.05 bits per heavy atom. The van der Waals surface area contributed by atoms with E-state index in [4.69, 9.17) is 0 Å². The molecular formula is C55H70. The first-order valence-electron chi connectivity index (χ1n) is 20.5. The highest BCUT2D eigenvalue weighted by Crippen LogP contribution is 2.40. The third-order valence-corrected chi connectivity index (χ3v) is 11.6. The van der Waals surface area contributed by atoms with Crippen LogP contribution >= 0.6 is 0 Å². The molecule has 5 rings (SSSR count). The van der Waals surface area contributed by atoms with Gasteiger partial charge in [-0.25, -0.2) is 0 Å². The second-order valence-corrected chi connectivity index (χ2v) is 16.1. The minimum absolute atomic E-state index is 0.515. The summed E-state index contributed by atoms with van der Waals surface area (Å²) in [6, 6.07) is 22.0. The van der Waals surface area contributed by atoms with Gasteiger partial charge in [0, 0.05) is 0 Å². The maximum atomic E-state index is 4.36. The molecule has 0 radical (unpaired) electrons. The van der Waals surface area contributed by atoms with Crippen molar-refractivity contribution >= 4 is 17.2 Å². The van der Waals surface area contributed by atoms with E-state index in [1.54, 1.807) is 6.08 Å². The molecule has 0 fully saturated rings. The van der Waals surface area contributed by atoms with E-state index in [1.165, 1.54) is 98.1 Å². The first-order valence-corrected chi connectivity index (χ1v) is 20.5. The summed E-state index contributed by atoms with van der Waals surface area (Å²) >= 11 is 0. The number of aryl methyl sites for hydroxylation is 4. The zero-order valence-corrected chi connectivity index (χ0v) is 35.9. The number of benzene rings is 3. The summed E-state index contributed by atoms with van der Waals surface area (Å²) in [6.45, 7) is 36.5. The van der Waals surface area contributed by atoms with Gasteiger partial charge < -0.3 is 0 Å². The van der Waals surface area contributed by atoms with Crippen LogP contribution in [-0.2, 0) is 6.42 Å². The van der Waals surface area contributed by atoms with Crippen LogP contribution in [-0.4, -0.2) is 0 Å². The fraction of sp³-hybridized carbons (Fsp3) is 0.345. The predicted molar refractivity (Wildman–Crippen MR) is 248 cm³/mol. The van der Waals surface area contributed by atoms with Crippen LogP contribution in [0.1, 0.15) is 111 Å². The van der Waals surface area contributed by atoms with Crippen molar-refractivity contribution < 1.29 is 0 Å². The number of fused-ring (bicyclic) bond motifs is 1. The van der Waals surface area contributed by atoms with Crippen LogP contribution in [0.4, 0.5) is 0 Å². The molecule has 0 aromatic heterocycles. The monoisotopic (exact) mass is 731 g/mol. The fourth-order valence-corrected chi connectivity index (χ4v) is 7.53. The second-order valence-electron chi connectivity index (χ2n) is 16.1. The lowest BCUT2D eigenvalue weighted by Crippen LogP contribution is -2.18. The van der Waals surface area contributed by atoms with Gasteiger partial charge in [0.25, 0.3) is 0 Å². The van der Waals surface area contributed by atoms with E-state index in [1.807, 2.05) is 6.08 Å². The van der Waals surface area contributed by atoms with Crippen molar-refractivity contribution in [3.63, 3.8) is 0 Å². The van der Waals surface area contributed by atoms with Crippen molar-refractivity contribution in [1.82, 2.24) is 0 Å². The molecule has 0 nitrogen and oxygen atoms in total. The molecule has 0 bridgehead atoms. The molecule has 4 atom stereocenters. The number of allylic oxidation sites excluding steroid dienone is 13. The Morgan fingerprint density at radius 2 is 1.47 bits per heavy atom. The highest BCUT2D eigenvalue weighted by atomic mass is 14.3. The zero-order chi connectivity index (χ0) is 40.5. The van der Waals surface area contributed by atoms with Crippen LogP contribution < -0.4 is 0 Å². The molecule has 3 aromatic carbocycles. The fourth-order valence-electron chi connectivity index (χ4n) is 7.53. The predicted octanol–water partition coefficient (Wildman–Crippen LogP) is 16.1. The lowest BCUT2D eigenvalue weighted by atomic mass is 9.78. The Balaban J connectivity index is 0.000000238. The summed E-state index contributed by atoms with van der Waals surface area (Å²) in [5, 5.41) is 0. The summed E-state index contributed by atoms with van der Waals surface area (Å²) in [7, 11) is 0. The summed E-state index contributed by atoms with van der Waals surface area (Å²) < 4.78 is 0. The normalized spacial score (nSPS) is 15.9. The highest BCUT2D eigenvalue weighted by Gasteiger charge is 2.22. The van der Waals surface area contributed by atoms with Gasteiger partial charge in [-0.2, -0.15) is 0 Å². The summed E-state index contributed by atoms with van der Waals surface area (Å²) in [5.74, 6) is 2.78. The van der Waals surface area contributed by atoms with Gasteiger partial charge in [0.15, 0.2) is 0 Å². The molecule has 0 saturated carbocycles. The molecule has 0 N–H and O–H groups in total. The van der Waals surface area contributed by atoms with E-state index in [0.29, 0.717) is 5.92 Å². The largest absolute Gasteiger partial charge is 0.103 e. The standard InChI is InChI=1S/C24H36.C21H22.C10H12/c1-8-20(5)22(7)21(6)17-23(9-2)16-19(4)12-15-24-13-10-18(3)11-14-24;1-13-6-8-18(9-7-13)20-12-19-11-14(2)10-15(3)21(19)17(5)16(20)4;1-2-3-7-10-8-5-4-6-9-10/h9-15,20-23H,2,4,8,16-17H2,1,3,5-7H3;6-11H,5,12H2,1-4H3;2-5,7-8H,1,6,9H2/b15-12+;;7-3+. The Labute approximate surface area is 337 Å². The minimum atomic E-state index is 0.515. The molecule has 2 aliphatic rings. The van der Waals surface area contributed by atoms with Gasteiger partial charge in [0.2, 0.25) is 0 Å². The van der Waals surface area contributed by atoms with Crippen LogP contribution in [0.25, 0.3) is 17.2 Å². The average molecular weight is 731 g/mol. The highest BCUT2D eigenvalue weighted by molar-refractivity contribution is 5.94. The number of rotatable bonds is 13. The van der Waals surface area contributed by atoms with E-state index < -0.39 is 0 Å². The van der Waals surface area contributed by atoms with Crippen LogP contribution in [0, 0.1) is 51.4 Å². The van der Waals surface area contributed by atoms with Gasteiger partial charge in [-0.05, 0) is 141 Å². The molecule has 0 saturated heterocycles. The van der Waals surface area contributed by atoms with Crippen molar-refractivity contribution in [3.8, 4) is 0 Å². The Morgan fingerprint density at radius 1 is 0.818 bits per heavy atom. The van der Waals surface area contributed by atoms with Crippen LogP contribution in [0.5, 0.6) is 0 Å². The molecule has 2 aliphatic carbocycles. The molecule has 0 heteroatoms. The zero-order valence-electron chi connectivity index (χ0n) is 35.9. The Hall–Kier alpha value is -4.68. The molecule has 290 valence electrons. The third-order valence-electron chi connectivity index (χ3n) is 11.6. The Kier molecular flexibility index (Phi) is 18.4. The van der Waals surface area contributed by atoms with Crippen molar-refractivity contribution in [1.29, 1.82) is 0 Å². The van der Waals surface area contributed by atoms with Gasteiger partial charge >= 0.3 is 0 Å². The van der Waals surface area contributed by atoms with E-state index in [0.717, 1.165) is 30.6 Å². The minimum Gasteiger partial charge on any atom is -0.103 e. The first-order chi connectivity index (χ1) is 26.3. The molecule has 4 unspecified atom stereocenters. The summed E-state index contributed by atoms with van der Waals surface area (Å²) in [6.07, 6.45) is 25.6. The third kappa shape index (κ3) is 14.2. The van der Waals surface area contributed by atoms with Gasteiger partial charge in [-0.15, -0.1) is 6.58 Å². The van der Waals surface area contributed by atoms with E-state index in [-0.39, 0.29) is 0 Å². The van der Waals surface area contributed by atoms with E-state index >= 15 is 0 Å². The number of hydrogen-bond donors (Lipinski definition) is 0. The smallest absolute Gasteiger partial charge is 0.00106 e. The Bertz CT molecular complexity index is 1890. The molecule has 55 heavy (non-hydrogen) atoms. The van der Waals surface area contributed by atoms with Gasteiger partial charge in [0.05, 0.1) is 0 Å². The van der Waals surface area contributed by atoms with Crippen molar-refractivity contribution in [2.24, 2.45) is 23.7 Å². The van der Waals surface area contributed by atoms with Crippen molar-refractivity contribution in [2.45, 2.75) is 101 Å². The maximum absolute atomic E-state index is 4.36. The van der Waals surface area contributed by atoms with Crippen LogP contribution in [0.2, 0.25) is 0 Å². The molecule has 0 amide bonds.